The Morgan fingerprint density at radius 3 is 2.64 bits per heavy atom. The Bertz CT molecular complexity index is 669. The lowest BCUT2D eigenvalue weighted by atomic mass is 10.1. The zero-order valence-corrected chi connectivity index (χ0v) is 16.8. The highest BCUT2D eigenvalue weighted by atomic mass is 16.6. The molecule has 0 spiro atoms. The molecule has 0 fully saturated rings. The van der Waals surface area contributed by atoms with Gasteiger partial charge in [-0.25, -0.2) is 4.79 Å². The molecule has 0 bridgehead atoms. The van der Waals surface area contributed by atoms with Crippen molar-refractivity contribution in [3.63, 3.8) is 0 Å². The highest BCUT2D eigenvalue weighted by molar-refractivity contribution is 5.87. The summed E-state index contributed by atoms with van der Waals surface area (Å²) in [4.78, 5) is 26.4. The van der Waals surface area contributed by atoms with E-state index in [2.05, 4.69) is 5.32 Å². The van der Waals surface area contributed by atoms with Crippen LogP contribution in [0.3, 0.4) is 0 Å². The van der Waals surface area contributed by atoms with Gasteiger partial charge in [0.05, 0.1) is 25.9 Å². The molecule has 2 N–H and O–H groups in total. The minimum atomic E-state index is -1.07. The molecule has 7 nitrogen and oxygen atoms in total. The Kier molecular flexibility index (Phi) is 8.02. The third-order valence-electron chi connectivity index (χ3n) is 4.17. The van der Waals surface area contributed by atoms with Crippen molar-refractivity contribution in [1.82, 2.24) is 10.2 Å². The van der Waals surface area contributed by atoms with Gasteiger partial charge < -0.3 is 24.8 Å². The lowest BCUT2D eigenvalue weighted by Gasteiger charge is -2.34. The summed E-state index contributed by atoms with van der Waals surface area (Å²) in [5.74, 6) is -0.391. The number of carbonyl (C=O) groups is 2. The van der Waals surface area contributed by atoms with Gasteiger partial charge in [0.2, 0.25) is 0 Å². The minimum Gasteiger partial charge on any atom is -0.444 e. The average Bonchev–Trinajstić information content (AvgIpc) is 2.65. The molecule has 28 heavy (non-hydrogen) atoms. The van der Waals surface area contributed by atoms with E-state index < -0.39 is 30.3 Å². The fourth-order valence-electron chi connectivity index (χ4n) is 2.86. The molecule has 2 rings (SSSR count). The standard InChI is InChI=1S/C21H30N2O5/c1-21(2,3)28-20(26)22-18(13-24)19(25)23-12-8-7-11-17(23)15-27-14-16-9-5-4-6-10-16/h4-6,8-10,12,17-18,24H,7,11,13-15H2,1-3H3,(H,22,26)/t17-,18+/m0/s1. The molecular weight excluding hydrogens is 360 g/mol. The van der Waals surface area contributed by atoms with Gasteiger partial charge >= 0.3 is 6.09 Å². The maximum atomic E-state index is 12.9. The van der Waals surface area contributed by atoms with E-state index in [4.69, 9.17) is 9.47 Å². The number of rotatable bonds is 7. The van der Waals surface area contributed by atoms with E-state index in [0.29, 0.717) is 13.2 Å². The van der Waals surface area contributed by atoms with Gasteiger partial charge in [-0.2, -0.15) is 0 Å². The van der Waals surface area contributed by atoms with Gasteiger partial charge in [0.1, 0.15) is 11.6 Å². The predicted octanol–water partition coefficient (Wildman–Crippen LogP) is 2.59. The third kappa shape index (κ3) is 6.98. The highest BCUT2D eigenvalue weighted by Crippen LogP contribution is 2.17. The highest BCUT2D eigenvalue weighted by Gasteiger charge is 2.31. The molecule has 1 aliphatic heterocycles. The number of hydrogen-bond donors (Lipinski definition) is 2. The first-order chi connectivity index (χ1) is 13.3. The normalized spacial score (nSPS) is 17.9. The van der Waals surface area contributed by atoms with Gasteiger partial charge in [0.15, 0.2) is 0 Å². The smallest absolute Gasteiger partial charge is 0.408 e. The molecule has 0 saturated carbocycles. The zero-order valence-electron chi connectivity index (χ0n) is 16.8. The largest absolute Gasteiger partial charge is 0.444 e. The number of amides is 2. The molecule has 0 aliphatic carbocycles. The summed E-state index contributed by atoms with van der Waals surface area (Å²) < 4.78 is 11.0. The van der Waals surface area contributed by atoms with E-state index in [1.165, 1.54) is 4.90 Å². The molecule has 7 heteroatoms. The van der Waals surface area contributed by atoms with Gasteiger partial charge in [-0.1, -0.05) is 36.4 Å². The maximum Gasteiger partial charge on any atom is 0.408 e. The molecule has 1 aliphatic rings. The monoisotopic (exact) mass is 390 g/mol. The summed E-state index contributed by atoms with van der Waals surface area (Å²) in [5, 5.41) is 12.1. The molecule has 1 heterocycles. The molecule has 154 valence electrons. The number of aliphatic hydroxyl groups is 1. The van der Waals surface area contributed by atoms with Crippen LogP contribution in [0.4, 0.5) is 4.79 Å². The third-order valence-corrected chi connectivity index (χ3v) is 4.17. The maximum absolute atomic E-state index is 12.9. The van der Waals surface area contributed by atoms with Gasteiger partial charge in [-0.15, -0.1) is 0 Å². The Labute approximate surface area is 166 Å². The molecule has 0 saturated heterocycles. The van der Waals surface area contributed by atoms with Gasteiger partial charge in [0, 0.05) is 6.20 Å². The van der Waals surface area contributed by atoms with Crippen molar-refractivity contribution in [3.05, 3.63) is 48.2 Å². The number of nitrogens with zero attached hydrogens (tertiary/aromatic N) is 1. The number of benzene rings is 1. The second kappa shape index (κ2) is 10.2. The first-order valence-corrected chi connectivity index (χ1v) is 9.51. The van der Waals surface area contributed by atoms with Crippen LogP contribution in [0.15, 0.2) is 42.6 Å². The number of allylic oxidation sites excluding steroid dienone is 1. The van der Waals surface area contributed by atoms with Crippen molar-refractivity contribution in [3.8, 4) is 0 Å². The summed E-state index contributed by atoms with van der Waals surface area (Å²) >= 11 is 0. The van der Waals surface area contributed by atoms with Gasteiger partial charge in [-0.05, 0) is 39.2 Å². The quantitative estimate of drug-likeness (QED) is 0.747. The van der Waals surface area contributed by atoms with Crippen LogP contribution >= 0.6 is 0 Å². The summed E-state index contributed by atoms with van der Waals surface area (Å²) in [6, 6.07) is 8.58. The topological polar surface area (TPSA) is 88.1 Å². The van der Waals surface area contributed by atoms with Crippen LogP contribution in [0.2, 0.25) is 0 Å². The van der Waals surface area contributed by atoms with Crippen LogP contribution in [-0.2, 0) is 20.9 Å². The van der Waals surface area contributed by atoms with Crippen LogP contribution in [-0.4, -0.2) is 52.9 Å². The fourth-order valence-corrected chi connectivity index (χ4v) is 2.86. The number of hydrogen-bond acceptors (Lipinski definition) is 5. The number of ether oxygens (including phenoxy) is 2. The van der Waals surface area contributed by atoms with Gasteiger partial charge in [0.25, 0.3) is 5.91 Å². The second-order valence-electron chi connectivity index (χ2n) is 7.74. The summed E-state index contributed by atoms with van der Waals surface area (Å²) in [6.45, 7) is 5.51. The predicted molar refractivity (Wildman–Crippen MR) is 105 cm³/mol. The Balaban J connectivity index is 1.94. The van der Waals surface area contributed by atoms with Crippen LogP contribution in [0.5, 0.6) is 0 Å². The van der Waals surface area contributed by atoms with Gasteiger partial charge in [-0.3, -0.25) is 4.79 Å². The Morgan fingerprint density at radius 2 is 2.00 bits per heavy atom. The fraction of sp³-hybridized carbons (Fsp3) is 0.524. The molecule has 0 unspecified atom stereocenters. The molecule has 0 radical (unpaired) electrons. The van der Waals surface area contributed by atoms with Crippen molar-refractivity contribution in [2.75, 3.05) is 13.2 Å². The van der Waals surface area contributed by atoms with E-state index in [-0.39, 0.29) is 6.04 Å². The Morgan fingerprint density at radius 1 is 1.29 bits per heavy atom. The van der Waals surface area contributed by atoms with Crippen LogP contribution < -0.4 is 5.32 Å². The van der Waals surface area contributed by atoms with Crippen LogP contribution in [0.1, 0.15) is 39.2 Å². The SMILES string of the molecule is CC(C)(C)OC(=O)N[C@H](CO)C(=O)N1C=CCC[C@H]1COCc1ccccc1. The molecule has 2 atom stereocenters. The van der Waals surface area contributed by atoms with Crippen molar-refractivity contribution in [1.29, 1.82) is 0 Å². The number of aliphatic hydroxyl groups excluding tert-OH is 1. The molecule has 2 amide bonds. The number of nitrogens with one attached hydrogen (secondary N) is 1. The second-order valence-corrected chi connectivity index (χ2v) is 7.74. The molecule has 0 aromatic heterocycles. The van der Waals surface area contributed by atoms with E-state index in [1.807, 2.05) is 36.4 Å². The molecule has 1 aromatic rings. The first kappa shape index (κ1) is 21.9. The van der Waals surface area contributed by atoms with Crippen molar-refractivity contribution in [2.24, 2.45) is 0 Å². The summed E-state index contributed by atoms with van der Waals surface area (Å²) in [5.41, 5.74) is 0.373. The Hall–Kier alpha value is -2.38. The molecule has 1 aromatic carbocycles. The van der Waals surface area contributed by atoms with Crippen LogP contribution in [0.25, 0.3) is 0 Å². The summed E-state index contributed by atoms with van der Waals surface area (Å²) in [6.07, 6.45) is 4.45. The van der Waals surface area contributed by atoms with E-state index in [1.54, 1.807) is 27.0 Å². The van der Waals surface area contributed by atoms with Crippen LogP contribution in [0, 0.1) is 0 Å². The minimum absolute atomic E-state index is 0.157. The number of alkyl carbamates (subject to hydrolysis) is 1. The average molecular weight is 390 g/mol. The van der Waals surface area contributed by atoms with E-state index >= 15 is 0 Å². The summed E-state index contributed by atoms with van der Waals surface area (Å²) in [7, 11) is 0. The number of carbonyl (C=O) groups excluding carboxylic acids is 2. The van der Waals surface area contributed by atoms with Crippen molar-refractivity contribution < 1.29 is 24.2 Å². The first-order valence-electron chi connectivity index (χ1n) is 9.51. The zero-order chi connectivity index (χ0) is 20.6. The van der Waals surface area contributed by atoms with E-state index in [9.17, 15) is 14.7 Å². The van der Waals surface area contributed by atoms with E-state index in [0.717, 1.165) is 18.4 Å². The lowest BCUT2D eigenvalue weighted by Crippen LogP contribution is -2.53. The van der Waals surface area contributed by atoms with Crippen molar-refractivity contribution >= 4 is 12.0 Å². The molecular formula is C21H30N2O5. The lowest BCUT2D eigenvalue weighted by molar-refractivity contribution is -0.135. The van der Waals surface area contributed by atoms with Crippen molar-refractivity contribution in [2.45, 2.75) is 57.9 Å².